The predicted molar refractivity (Wildman–Crippen MR) is 87.8 cm³/mol. The average molecular weight is 313 g/mol. The van der Waals surface area contributed by atoms with Crippen LogP contribution in [0.4, 0.5) is 0 Å². The Hall–Kier alpha value is -2.14. The van der Waals surface area contributed by atoms with Crippen LogP contribution in [-0.2, 0) is 24.2 Å². The maximum absolute atomic E-state index is 12.4. The van der Waals surface area contributed by atoms with Crippen LogP contribution >= 0.6 is 0 Å². The zero-order valence-corrected chi connectivity index (χ0v) is 13.4. The van der Waals surface area contributed by atoms with Gasteiger partial charge >= 0.3 is 0 Å². The lowest BCUT2D eigenvalue weighted by Crippen LogP contribution is -2.46. The highest BCUT2D eigenvalue weighted by Gasteiger charge is 2.27. The smallest absolute Gasteiger partial charge is 0.223 e. The maximum atomic E-state index is 12.4. The van der Waals surface area contributed by atoms with E-state index >= 15 is 0 Å². The molecule has 0 bridgehead atoms. The van der Waals surface area contributed by atoms with Crippen molar-refractivity contribution in [3.05, 3.63) is 54.1 Å². The second-order valence-electron chi connectivity index (χ2n) is 6.28. The van der Waals surface area contributed by atoms with Crippen LogP contribution in [0.1, 0.15) is 24.7 Å². The van der Waals surface area contributed by atoms with E-state index in [2.05, 4.69) is 14.9 Å². The predicted octanol–water partition coefficient (Wildman–Crippen LogP) is 1.55. The Labute approximate surface area is 136 Å². The van der Waals surface area contributed by atoms with Gasteiger partial charge in [0.2, 0.25) is 5.91 Å². The Morgan fingerprint density at radius 2 is 2.22 bits per heavy atom. The molecule has 23 heavy (non-hydrogen) atoms. The van der Waals surface area contributed by atoms with Crippen LogP contribution < -0.4 is 5.32 Å². The summed E-state index contributed by atoms with van der Waals surface area (Å²) in [5, 5.41) is 13.3. The van der Waals surface area contributed by atoms with E-state index in [0.29, 0.717) is 12.8 Å². The molecule has 5 heteroatoms. The summed E-state index contributed by atoms with van der Waals surface area (Å²) in [7, 11) is 0. The molecule has 1 aliphatic heterocycles. The van der Waals surface area contributed by atoms with Crippen LogP contribution in [0.3, 0.4) is 0 Å². The zero-order chi connectivity index (χ0) is 16.2. The quantitative estimate of drug-likeness (QED) is 0.880. The number of fused-ring (bicyclic) bond motifs is 1. The van der Waals surface area contributed by atoms with Gasteiger partial charge in [-0.3, -0.25) is 4.79 Å². The van der Waals surface area contributed by atoms with E-state index in [1.807, 2.05) is 43.5 Å². The van der Waals surface area contributed by atoms with Crippen LogP contribution in [0.15, 0.2) is 42.7 Å². The minimum absolute atomic E-state index is 0.0128. The Kier molecular flexibility index (Phi) is 4.76. The topological polar surface area (TPSA) is 67.2 Å². The molecule has 1 amide bonds. The number of aliphatic hydroxyl groups is 1. The highest BCUT2D eigenvalue weighted by atomic mass is 16.3. The SMILES string of the molecule is CC(NC(=O)C1CCn2ccnc2C1)C(O)Cc1ccccc1. The summed E-state index contributed by atoms with van der Waals surface area (Å²) in [5.41, 5.74) is 1.07. The second kappa shape index (κ2) is 6.96. The Morgan fingerprint density at radius 3 is 3.00 bits per heavy atom. The molecule has 0 saturated heterocycles. The van der Waals surface area contributed by atoms with Crippen molar-refractivity contribution in [3.63, 3.8) is 0 Å². The largest absolute Gasteiger partial charge is 0.391 e. The highest BCUT2D eigenvalue weighted by Crippen LogP contribution is 2.19. The summed E-state index contributed by atoms with van der Waals surface area (Å²) in [6, 6.07) is 9.56. The first kappa shape index (κ1) is 15.7. The van der Waals surface area contributed by atoms with Gasteiger partial charge in [0.25, 0.3) is 0 Å². The number of rotatable bonds is 5. The molecule has 3 atom stereocenters. The number of benzene rings is 1. The standard InChI is InChI=1S/C18H23N3O2/c1-13(16(22)11-14-5-3-2-4-6-14)20-18(23)15-7-9-21-10-8-19-17(21)12-15/h2-6,8,10,13,15-16,22H,7,9,11-12H2,1H3,(H,20,23). The number of amides is 1. The summed E-state index contributed by atoms with van der Waals surface area (Å²) in [4.78, 5) is 16.7. The first-order chi connectivity index (χ1) is 11.1. The van der Waals surface area contributed by atoms with Crippen molar-refractivity contribution in [3.8, 4) is 0 Å². The molecule has 3 rings (SSSR count). The fraction of sp³-hybridized carbons (Fsp3) is 0.444. The Morgan fingerprint density at radius 1 is 1.43 bits per heavy atom. The number of aliphatic hydroxyl groups excluding tert-OH is 1. The maximum Gasteiger partial charge on any atom is 0.223 e. The van der Waals surface area contributed by atoms with Gasteiger partial charge in [-0.05, 0) is 18.9 Å². The van der Waals surface area contributed by atoms with Crippen molar-refractivity contribution in [2.24, 2.45) is 5.92 Å². The number of imidazole rings is 1. The number of hydrogen-bond acceptors (Lipinski definition) is 3. The number of nitrogens with one attached hydrogen (secondary N) is 1. The molecular weight excluding hydrogens is 290 g/mol. The Bertz CT molecular complexity index is 653. The summed E-state index contributed by atoms with van der Waals surface area (Å²) >= 11 is 0. The number of carbonyl (C=O) groups excluding carboxylic acids is 1. The number of aromatic nitrogens is 2. The normalized spacial score (nSPS) is 19.7. The van der Waals surface area contributed by atoms with Crippen molar-refractivity contribution in [2.75, 3.05) is 0 Å². The molecule has 0 spiro atoms. The molecule has 5 nitrogen and oxygen atoms in total. The molecule has 1 aromatic carbocycles. The van der Waals surface area contributed by atoms with E-state index in [1.165, 1.54) is 0 Å². The van der Waals surface area contributed by atoms with E-state index < -0.39 is 6.10 Å². The van der Waals surface area contributed by atoms with Crippen LogP contribution in [0, 0.1) is 5.92 Å². The molecule has 2 N–H and O–H groups in total. The van der Waals surface area contributed by atoms with Crippen molar-refractivity contribution in [1.29, 1.82) is 0 Å². The molecule has 3 unspecified atom stereocenters. The third-order valence-electron chi connectivity index (χ3n) is 4.55. The lowest BCUT2D eigenvalue weighted by Gasteiger charge is -2.26. The number of nitrogens with zero attached hydrogens (tertiary/aromatic N) is 2. The fourth-order valence-electron chi connectivity index (χ4n) is 3.05. The monoisotopic (exact) mass is 313 g/mol. The lowest BCUT2D eigenvalue weighted by molar-refractivity contribution is -0.127. The molecule has 2 heterocycles. The Balaban J connectivity index is 1.53. The molecule has 0 saturated carbocycles. The van der Waals surface area contributed by atoms with Crippen molar-refractivity contribution < 1.29 is 9.90 Å². The van der Waals surface area contributed by atoms with Gasteiger partial charge in [-0.15, -0.1) is 0 Å². The minimum atomic E-state index is -0.591. The second-order valence-corrected chi connectivity index (χ2v) is 6.28. The van der Waals surface area contributed by atoms with E-state index in [1.54, 1.807) is 6.20 Å². The van der Waals surface area contributed by atoms with Crippen LogP contribution in [0.25, 0.3) is 0 Å². The average Bonchev–Trinajstić information content (AvgIpc) is 3.03. The zero-order valence-electron chi connectivity index (χ0n) is 13.4. The van der Waals surface area contributed by atoms with Gasteiger partial charge < -0.3 is 15.0 Å². The highest BCUT2D eigenvalue weighted by molar-refractivity contribution is 5.79. The van der Waals surface area contributed by atoms with Crippen molar-refractivity contribution in [1.82, 2.24) is 14.9 Å². The minimum Gasteiger partial charge on any atom is -0.391 e. The van der Waals surface area contributed by atoms with Gasteiger partial charge in [0.1, 0.15) is 5.82 Å². The molecule has 1 aliphatic rings. The molecule has 0 aliphatic carbocycles. The van der Waals surface area contributed by atoms with Gasteiger partial charge in [-0.2, -0.15) is 0 Å². The summed E-state index contributed by atoms with van der Waals surface area (Å²) in [6.07, 6.45) is 5.17. The first-order valence-electron chi connectivity index (χ1n) is 8.16. The number of carbonyl (C=O) groups is 1. The van der Waals surface area contributed by atoms with Crippen LogP contribution in [-0.4, -0.2) is 32.7 Å². The van der Waals surface area contributed by atoms with Crippen LogP contribution in [0.5, 0.6) is 0 Å². The first-order valence-corrected chi connectivity index (χ1v) is 8.16. The number of hydrogen-bond donors (Lipinski definition) is 2. The van der Waals surface area contributed by atoms with E-state index in [0.717, 1.165) is 24.4 Å². The third kappa shape index (κ3) is 3.79. The van der Waals surface area contributed by atoms with E-state index in [4.69, 9.17) is 0 Å². The van der Waals surface area contributed by atoms with E-state index in [9.17, 15) is 9.90 Å². The van der Waals surface area contributed by atoms with Gasteiger partial charge in [0.05, 0.1) is 12.1 Å². The summed E-state index contributed by atoms with van der Waals surface area (Å²) < 4.78 is 2.09. The molecule has 122 valence electrons. The van der Waals surface area contributed by atoms with Crippen molar-refractivity contribution >= 4 is 5.91 Å². The summed E-state index contributed by atoms with van der Waals surface area (Å²) in [5.74, 6) is 0.920. The van der Waals surface area contributed by atoms with Crippen molar-refractivity contribution in [2.45, 2.75) is 44.9 Å². The van der Waals surface area contributed by atoms with E-state index in [-0.39, 0.29) is 17.9 Å². The molecule has 0 fully saturated rings. The fourth-order valence-corrected chi connectivity index (χ4v) is 3.05. The molecule has 0 radical (unpaired) electrons. The molecule has 2 aromatic rings. The number of aryl methyl sites for hydroxylation is 1. The van der Waals surface area contributed by atoms with Gasteiger partial charge in [-0.25, -0.2) is 4.98 Å². The van der Waals surface area contributed by atoms with Crippen LogP contribution in [0.2, 0.25) is 0 Å². The van der Waals surface area contributed by atoms with Gasteiger partial charge in [-0.1, -0.05) is 30.3 Å². The molecular formula is C18H23N3O2. The summed E-state index contributed by atoms with van der Waals surface area (Å²) in [6.45, 7) is 2.68. The third-order valence-corrected chi connectivity index (χ3v) is 4.55. The van der Waals surface area contributed by atoms with Gasteiger partial charge in [0, 0.05) is 37.7 Å². The van der Waals surface area contributed by atoms with Gasteiger partial charge in [0.15, 0.2) is 0 Å². The molecule has 1 aromatic heterocycles. The lowest BCUT2D eigenvalue weighted by atomic mass is 9.95.